The second kappa shape index (κ2) is 5.36. The predicted molar refractivity (Wildman–Crippen MR) is 86.7 cm³/mol. The zero-order chi connectivity index (χ0) is 15.2. The minimum Gasteiger partial charge on any atom is -0.390 e. The van der Waals surface area contributed by atoms with Gasteiger partial charge in [-0.3, -0.25) is 4.90 Å². The van der Waals surface area contributed by atoms with Crippen LogP contribution in [0.2, 0.25) is 0 Å². The molecule has 1 saturated heterocycles. The lowest BCUT2D eigenvalue weighted by atomic mass is 9.71. The van der Waals surface area contributed by atoms with Crippen molar-refractivity contribution in [2.45, 2.75) is 51.2 Å². The van der Waals surface area contributed by atoms with E-state index in [-0.39, 0.29) is 5.60 Å². The molecule has 3 heterocycles. The minimum atomic E-state index is -0.388. The smallest absolute Gasteiger partial charge is 0.110 e. The zero-order valence-electron chi connectivity index (χ0n) is 13.3. The van der Waals surface area contributed by atoms with Crippen molar-refractivity contribution in [3.8, 4) is 0 Å². The van der Waals surface area contributed by atoms with Gasteiger partial charge in [-0.05, 0) is 38.3 Å². The van der Waals surface area contributed by atoms with Crippen LogP contribution in [-0.4, -0.2) is 38.1 Å². The molecule has 2 aliphatic rings. The van der Waals surface area contributed by atoms with Crippen molar-refractivity contribution in [1.29, 1.82) is 0 Å². The third-order valence-corrected chi connectivity index (χ3v) is 5.69. The molecule has 4 rings (SSSR count). The summed E-state index contributed by atoms with van der Waals surface area (Å²) < 4.78 is 2.16. The Morgan fingerprint density at radius 3 is 3.14 bits per heavy atom. The van der Waals surface area contributed by atoms with E-state index in [4.69, 9.17) is 4.98 Å². The highest BCUT2D eigenvalue weighted by Crippen LogP contribution is 2.40. The van der Waals surface area contributed by atoms with Gasteiger partial charge in [0, 0.05) is 31.7 Å². The third-order valence-electron chi connectivity index (χ3n) is 5.69. The molecule has 0 aromatic carbocycles. The van der Waals surface area contributed by atoms with Crippen molar-refractivity contribution >= 4 is 5.52 Å². The lowest BCUT2D eigenvalue weighted by molar-refractivity contribution is -0.0968. The van der Waals surface area contributed by atoms with E-state index >= 15 is 0 Å². The van der Waals surface area contributed by atoms with Gasteiger partial charge in [0.05, 0.1) is 16.8 Å². The highest BCUT2D eigenvalue weighted by Gasteiger charge is 2.42. The topological polar surface area (TPSA) is 40.8 Å². The average molecular weight is 299 g/mol. The Morgan fingerprint density at radius 2 is 2.23 bits per heavy atom. The first kappa shape index (κ1) is 14.2. The summed E-state index contributed by atoms with van der Waals surface area (Å²) in [5, 5.41) is 10.8. The van der Waals surface area contributed by atoms with Crippen molar-refractivity contribution in [3.05, 3.63) is 35.9 Å². The molecular weight excluding hydrogens is 274 g/mol. The molecule has 0 spiro atoms. The van der Waals surface area contributed by atoms with E-state index in [0.717, 1.165) is 38.3 Å². The molecule has 0 bridgehead atoms. The molecule has 4 nitrogen and oxygen atoms in total. The molecule has 22 heavy (non-hydrogen) atoms. The van der Waals surface area contributed by atoms with Gasteiger partial charge in [-0.1, -0.05) is 18.9 Å². The number of aromatic nitrogens is 2. The second-order valence-corrected chi connectivity index (χ2v) is 7.09. The fraction of sp³-hybridized carbons (Fsp3) is 0.611. The van der Waals surface area contributed by atoms with Crippen LogP contribution in [0.5, 0.6) is 0 Å². The van der Waals surface area contributed by atoms with Crippen LogP contribution < -0.4 is 0 Å². The van der Waals surface area contributed by atoms with Gasteiger partial charge in [0.25, 0.3) is 0 Å². The Labute approximate surface area is 131 Å². The number of piperidine rings is 1. The molecule has 118 valence electrons. The molecule has 4 heteroatoms. The van der Waals surface area contributed by atoms with E-state index in [1.54, 1.807) is 0 Å². The lowest BCUT2D eigenvalue weighted by Crippen LogP contribution is -2.53. The van der Waals surface area contributed by atoms with Gasteiger partial charge < -0.3 is 9.51 Å². The van der Waals surface area contributed by atoms with Gasteiger partial charge in [-0.15, -0.1) is 0 Å². The van der Waals surface area contributed by atoms with Crippen molar-refractivity contribution in [3.63, 3.8) is 0 Å². The molecule has 2 atom stereocenters. The van der Waals surface area contributed by atoms with Crippen molar-refractivity contribution < 1.29 is 5.11 Å². The van der Waals surface area contributed by atoms with Crippen LogP contribution >= 0.6 is 0 Å². The first-order chi connectivity index (χ1) is 10.7. The number of fused-ring (bicyclic) bond motifs is 2. The fourth-order valence-corrected chi connectivity index (χ4v) is 4.38. The molecule has 2 aromatic heterocycles. The van der Waals surface area contributed by atoms with Crippen LogP contribution in [0.15, 0.2) is 24.4 Å². The maximum atomic E-state index is 10.8. The van der Waals surface area contributed by atoms with E-state index in [1.807, 2.05) is 0 Å². The Hall–Kier alpha value is -1.39. The number of likely N-dealkylation sites (tertiary alicyclic amines) is 1. The maximum absolute atomic E-state index is 10.8. The Morgan fingerprint density at radius 1 is 1.32 bits per heavy atom. The number of aliphatic hydroxyl groups is 1. The summed E-state index contributed by atoms with van der Waals surface area (Å²) in [5.41, 5.74) is 1.99. The van der Waals surface area contributed by atoms with E-state index in [1.165, 1.54) is 30.5 Å². The lowest BCUT2D eigenvalue weighted by Gasteiger charge is -2.47. The summed E-state index contributed by atoms with van der Waals surface area (Å²) in [6.45, 7) is 4.96. The van der Waals surface area contributed by atoms with E-state index in [9.17, 15) is 5.11 Å². The summed E-state index contributed by atoms with van der Waals surface area (Å²) in [5.74, 6) is 1.50. The number of nitrogens with zero attached hydrogens (tertiary/aromatic N) is 3. The molecule has 1 aliphatic carbocycles. The normalized spacial score (nSPS) is 29.6. The van der Waals surface area contributed by atoms with Crippen LogP contribution in [0.1, 0.15) is 43.6 Å². The molecule has 2 unspecified atom stereocenters. The first-order valence-corrected chi connectivity index (χ1v) is 8.53. The Balaban J connectivity index is 1.54. The summed E-state index contributed by atoms with van der Waals surface area (Å²) in [6, 6.07) is 6.28. The number of rotatable bonds is 2. The minimum absolute atomic E-state index is 0.388. The quantitative estimate of drug-likeness (QED) is 0.927. The van der Waals surface area contributed by atoms with Gasteiger partial charge in [-0.25, -0.2) is 4.98 Å². The van der Waals surface area contributed by atoms with Gasteiger partial charge in [0.2, 0.25) is 0 Å². The molecule has 1 aliphatic heterocycles. The predicted octanol–water partition coefficient (Wildman–Crippen LogP) is 2.77. The molecule has 0 radical (unpaired) electrons. The van der Waals surface area contributed by atoms with E-state index in [0.29, 0.717) is 5.92 Å². The number of pyridine rings is 1. The summed E-state index contributed by atoms with van der Waals surface area (Å²) in [4.78, 5) is 7.25. The molecule has 2 fully saturated rings. The van der Waals surface area contributed by atoms with Crippen molar-refractivity contribution in [2.24, 2.45) is 5.92 Å². The molecule has 1 saturated carbocycles. The van der Waals surface area contributed by atoms with Gasteiger partial charge >= 0.3 is 0 Å². The summed E-state index contributed by atoms with van der Waals surface area (Å²) in [7, 11) is 0. The van der Waals surface area contributed by atoms with Crippen LogP contribution in [0.25, 0.3) is 5.52 Å². The highest BCUT2D eigenvalue weighted by molar-refractivity contribution is 5.53. The van der Waals surface area contributed by atoms with Crippen molar-refractivity contribution in [1.82, 2.24) is 14.3 Å². The standard InChI is InChI=1S/C18H25N3O/c1-14-19-16(17-7-3-5-10-21(14)17)13-20-11-9-18(22)8-4-2-6-15(18)12-20/h3,5,7,10,15,22H,2,4,6,8-9,11-13H2,1H3. The number of hydrogen-bond acceptors (Lipinski definition) is 3. The maximum Gasteiger partial charge on any atom is 0.110 e. The zero-order valence-corrected chi connectivity index (χ0v) is 13.3. The number of imidazole rings is 1. The van der Waals surface area contributed by atoms with Crippen molar-refractivity contribution in [2.75, 3.05) is 13.1 Å². The monoisotopic (exact) mass is 299 g/mol. The van der Waals surface area contributed by atoms with E-state index < -0.39 is 0 Å². The molecule has 2 aromatic rings. The Kier molecular flexibility index (Phi) is 3.46. The van der Waals surface area contributed by atoms with Crippen LogP contribution in [-0.2, 0) is 6.54 Å². The van der Waals surface area contributed by atoms with Gasteiger partial charge in [0.1, 0.15) is 5.82 Å². The van der Waals surface area contributed by atoms with Gasteiger partial charge in [0.15, 0.2) is 0 Å². The molecular formula is C18H25N3O. The van der Waals surface area contributed by atoms with Crippen LogP contribution in [0.3, 0.4) is 0 Å². The third kappa shape index (κ3) is 2.34. The summed E-state index contributed by atoms with van der Waals surface area (Å²) in [6.07, 6.45) is 7.64. The van der Waals surface area contributed by atoms with Crippen LogP contribution in [0, 0.1) is 12.8 Å². The largest absolute Gasteiger partial charge is 0.390 e. The summed E-state index contributed by atoms with van der Waals surface area (Å²) >= 11 is 0. The van der Waals surface area contributed by atoms with Crippen LogP contribution in [0.4, 0.5) is 0 Å². The van der Waals surface area contributed by atoms with E-state index in [2.05, 4.69) is 40.6 Å². The molecule has 0 amide bonds. The van der Waals surface area contributed by atoms with Gasteiger partial charge in [-0.2, -0.15) is 0 Å². The first-order valence-electron chi connectivity index (χ1n) is 8.53. The Bertz CT molecular complexity index is 680. The second-order valence-electron chi connectivity index (χ2n) is 7.09. The average Bonchev–Trinajstić information content (AvgIpc) is 2.84. The highest BCUT2D eigenvalue weighted by atomic mass is 16.3. The fourth-order valence-electron chi connectivity index (χ4n) is 4.38. The SMILES string of the molecule is Cc1nc(CN2CCC3(O)CCCCC3C2)c2ccccn12. The number of aryl methyl sites for hydroxylation is 1. The molecule has 1 N–H and O–H groups in total. The number of hydrogen-bond donors (Lipinski definition) is 1.